The first kappa shape index (κ1) is 14.7. The van der Waals surface area contributed by atoms with Crippen LogP contribution in [0.1, 0.15) is 32.6 Å². The van der Waals surface area contributed by atoms with E-state index in [0.29, 0.717) is 5.56 Å². The van der Waals surface area contributed by atoms with Crippen molar-refractivity contribution in [3.8, 4) is 0 Å². The molecule has 2 rings (SSSR count). The molecule has 0 saturated carbocycles. The van der Waals surface area contributed by atoms with Crippen LogP contribution in [0.25, 0.3) is 0 Å². The van der Waals surface area contributed by atoms with E-state index in [-0.39, 0.29) is 17.2 Å². The highest BCUT2D eigenvalue weighted by Crippen LogP contribution is 2.22. The largest absolute Gasteiger partial charge is 0.294 e. The Hall–Kier alpha value is -1.67. The third-order valence-electron chi connectivity index (χ3n) is 3.41. The van der Waals surface area contributed by atoms with Crippen LogP contribution in [0.2, 0.25) is 5.02 Å². The highest BCUT2D eigenvalue weighted by Gasteiger charge is 2.14. The molecule has 0 heterocycles. The minimum Gasteiger partial charge on any atom is -0.294 e. The lowest BCUT2D eigenvalue weighted by Crippen LogP contribution is -2.07. The molecule has 0 radical (unpaired) electrons. The third kappa shape index (κ3) is 3.07. The van der Waals surface area contributed by atoms with E-state index in [4.69, 9.17) is 11.6 Å². The molecule has 2 aromatic carbocycles. The maximum atomic E-state index is 13.0. The van der Waals surface area contributed by atoms with Gasteiger partial charge < -0.3 is 0 Å². The minimum atomic E-state index is -0.436. The van der Waals surface area contributed by atoms with Crippen LogP contribution >= 0.6 is 11.6 Å². The molecule has 0 aliphatic heterocycles. The van der Waals surface area contributed by atoms with Crippen LogP contribution in [0.5, 0.6) is 0 Å². The standard InChI is InChI=1S/C17H16ClFO/c1-10-6-11(2)15(12(3)7-10)9-17(20)14-5-4-13(19)8-16(14)18/h4-8H,9H2,1-3H3. The van der Waals surface area contributed by atoms with Crippen LogP contribution < -0.4 is 0 Å². The van der Waals surface area contributed by atoms with Gasteiger partial charge in [-0.1, -0.05) is 29.3 Å². The van der Waals surface area contributed by atoms with Gasteiger partial charge in [0.15, 0.2) is 5.78 Å². The fourth-order valence-corrected chi connectivity index (χ4v) is 2.73. The average Bonchev–Trinajstić information content (AvgIpc) is 2.33. The predicted octanol–water partition coefficient (Wildman–Crippen LogP) is 4.83. The summed E-state index contributed by atoms with van der Waals surface area (Å²) in [5, 5.41) is 0.164. The molecule has 0 saturated heterocycles. The molecule has 1 nitrogen and oxygen atoms in total. The van der Waals surface area contributed by atoms with E-state index < -0.39 is 5.82 Å². The smallest absolute Gasteiger partial charge is 0.168 e. The van der Waals surface area contributed by atoms with E-state index >= 15 is 0 Å². The molecule has 0 aromatic heterocycles. The van der Waals surface area contributed by atoms with Gasteiger partial charge in [0.2, 0.25) is 0 Å². The summed E-state index contributed by atoms with van der Waals surface area (Å²) in [6, 6.07) is 7.99. The number of benzene rings is 2. The van der Waals surface area contributed by atoms with Crippen molar-refractivity contribution < 1.29 is 9.18 Å². The van der Waals surface area contributed by atoms with Crippen LogP contribution in [-0.2, 0) is 6.42 Å². The molecule has 20 heavy (non-hydrogen) atoms. The number of ketones is 1. The van der Waals surface area contributed by atoms with Gasteiger partial charge in [-0.05, 0) is 55.7 Å². The number of hydrogen-bond donors (Lipinski definition) is 0. The maximum Gasteiger partial charge on any atom is 0.168 e. The summed E-state index contributed by atoms with van der Waals surface area (Å²) in [7, 11) is 0. The molecule has 0 aliphatic rings. The van der Waals surface area contributed by atoms with Crippen molar-refractivity contribution >= 4 is 17.4 Å². The Kier molecular flexibility index (Phi) is 4.24. The highest BCUT2D eigenvalue weighted by atomic mass is 35.5. The SMILES string of the molecule is Cc1cc(C)c(CC(=O)c2ccc(F)cc2Cl)c(C)c1. The van der Waals surface area contributed by atoms with Crippen molar-refractivity contribution in [3.05, 3.63) is 69.0 Å². The second-order valence-electron chi connectivity index (χ2n) is 5.10. The number of aryl methyl sites for hydroxylation is 3. The number of carbonyl (C=O) groups is 1. The molecule has 0 atom stereocenters. The van der Waals surface area contributed by atoms with Gasteiger partial charge in [0.25, 0.3) is 0 Å². The summed E-state index contributed by atoms with van der Waals surface area (Å²) in [6.45, 7) is 6.02. The minimum absolute atomic E-state index is 0.0925. The van der Waals surface area contributed by atoms with E-state index in [1.807, 2.05) is 20.8 Å². The van der Waals surface area contributed by atoms with Crippen LogP contribution in [0.15, 0.2) is 30.3 Å². The van der Waals surface area contributed by atoms with Crippen LogP contribution in [0, 0.1) is 26.6 Å². The second-order valence-corrected chi connectivity index (χ2v) is 5.51. The number of hydrogen-bond acceptors (Lipinski definition) is 1. The van der Waals surface area contributed by atoms with E-state index in [2.05, 4.69) is 12.1 Å². The lowest BCUT2D eigenvalue weighted by molar-refractivity contribution is 0.0992. The molecular weight excluding hydrogens is 275 g/mol. The number of carbonyl (C=O) groups excluding carboxylic acids is 1. The summed E-state index contributed by atoms with van der Waals surface area (Å²) < 4.78 is 13.0. The van der Waals surface area contributed by atoms with Gasteiger partial charge in [0.1, 0.15) is 5.82 Å². The fraction of sp³-hybridized carbons (Fsp3) is 0.235. The predicted molar refractivity (Wildman–Crippen MR) is 80.1 cm³/mol. The first-order valence-corrected chi connectivity index (χ1v) is 6.81. The Bertz CT molecular complexity index is 654. The van der Waals surface area contributed by atoms with Crippen LogP contribution in [0.3, 0.4) is 0 Å². The van der Waals surface area contributed by atoms with Crippen molar-refractivity contribution in [2.45, 2.75) is 27.2 Å². The van der Waals surface area contributed by atoms with Gasteiger partial charge in [0, 0.05) is 12.0 Å². The molecule has 0 fully saturated rings. The molecule has 0 aliphatic carbocycles. The normalized spacial score (nSPS) is 10.7. The Balaban J connectivity index is 2.33. The molecule has 104 valence electrons. The summed E-state index contributed by atoms with van der Waals surface area (Å²) >= 11 is 5.93. The third-order valence-corrected chi connectivity index (χ3v) is 3.72. The van der Waals surface area contributed by atoms with Crippen LogP contribution in [0.4, 0.5) is 4.39 Å². The Labute approximate surface area is 123 Å². The van der Waals surface area contributed by atoms with Gasteiger partial charge in [-0.15, -0.1) is 0 Å². The van der Waals surface area contributed by atoms with Gasteiger partial charge in [0.05, 0.1) is 5.02 Å². The van der Waals surface area contributed by atoms with Gasteiger partial charge in [-0.25, -0.2) is 4.39 Å². The zero-order valence-electron chi connectivity index (χ0n) is 11.8. The highest BCUT2D eigenvalue weighted by molar-refractivity contribution is 6.34. The molecule has 3 heteroatoms. The number of rotatable bonds is 3. The van der Waals surface area contributed by atoms with Crippen LogP contribution in [-0.4, -0.2) is 5.78 Å². The molecular formula is C17H16ClFO. The van der Waals surface area contributed by atoms with Gasteiger partial charge in [-0.3, -0.25) is 4.79 Å². The van der Waals surface area contributed by atoms with E-state index in [9.17, 15) is 9.18 Å². The lowest BCUT2D eigenvalue weighted by atomic mass is 9.94. The summed E-state index contributed by atoms with van der Waals surface area (Å²) in [4.78, 5) is 12.3. The quantitative estimate of drug-likeness (QED) is 0.740. The number of Topliss-reactive ketones (excluding diaryl/α,β-unsaturated/α-hetero) is 1. The zero-order valence-corrected chi connectivity index (χ0v) is 12.5. The zero-order chi connectivity index (χ0) is 14.9. The first-order chi connectivity index (χ1) is 9.38. The topological polar surface area (TPSA) is 17.1 Å². The Morgan fingerprint density at radius 3 is 2.25 bits per heavy atom. The van der Waals surface area contributed by atoms with Crippen molar-refractivity contribution in [3.63, 3.8) is 0 Å². The molecule has 0 unspecified atom stereocenters. The first-order valence-electron chi connectivity index (χ1n) is 6.43. The molecule has 0 spiro atoms. The van der Waals surface area contributed by atoms with E-state index in [0.717, 1.165) is 16.7 Å². The van der Waals surface area contributed by atoms with Crippen molar-refractivity contribution in [1.29, 1.82) is 0 Å². The molecule has 2 aromatic rings. The maximum absolute atomic E-state index is 13.0. The van der Waals surface area contributed by atoms with E-state index in [1.54, 1.807) is 0 Å². The Morgan fingerprint density at radius 1 is 1.10 bits per heavy atom. The second kappa shape index (κ2) is 5.76. The van der Waals surface area contributed by atoms with Crippen molar-refractivity contribution in [2.75, 3.05) is 0 Å². The molecule has 0 amide bonds. The monoisotopic (exact) mass is 290 g/mol. The van der Waals surface area contributed by atoms with E-state index in [1.165, 1.54) is 23.8 Å². The number of halogens is 2. The fourth-order valence-electron chi connectivity index (χ4n) is 2.46. The van der Waals surface area contributed by atoms with Crippen molar-refractivity contribution in [1.82, 2.24) is 0 Å². The average molecular weight is 291 g/mol. The summed E-state index contributed by atoms with van der Waals surface area (Å²) in [5.74, 6) is -0.528. The lowest BCUT2D eigenvalue weighted by Gasteiger charge is -2.11. The summed E-state index contributed by atoms with van der Waals surface area (Å²) in [6.07, 6.45) is 0.281. The summed E-state index contributed by atoms with van der Waals surface area (Å²) in [5.41, 5.74) is 4.74. The molecule has 0 N–H and O–H groups in total. The Morgan fingerprint density at radius 2 is 1.70 bits per heavy atom. The van der Waals surface area contributed by atoms with Gasteiger partial charge in [-0.2, -0.15) is 0 Å². The van der Waals surface area contributed by atoms with Gasteiger partial charge >= 0.3 is 0 Å². The molecule has 0 bridgehead atoms. The van der Waals surface area contributed by atoms with Crippen molar-refractivity contribution in [2.24, 2.45) is 0 Å².